The number of carbonyl (C=O) groups excluding carboxylic acids is 1. The first kappa shape index (κ1) is 25.2. The van der Waals surface area contributed by atoms with Crippen LogP contribution in [0.1, 0.15) is 42.9 Å². The van der Waals surface area contributed by atoms with Gasteiger partial charge in [0.15, 0.2) is 17.2 Å². The summed E-state index contributed by atoms with van der Waals surface area (Å²) in [5, 5.41) is 15.2. The van der Waals surface area contributed by atoms with E-state index in [0.717, 1.165) is 24.8 Å². The number of amides is 1. The second-order valence-corrected chi connectivity index (χ2v) is 8.51. The molecule has 0 aliphatic heterocycles. The molecule has 7 N–H and O–H groups in total. The summed E-state index contributed by atoms with van der Waals surface area (Å²) in [6.07, 6.45) is 7.94. The van der Waals surface area contributed by atoms with Crippen molar-refractivity contribution in [3.8, 4) is 0 Å². The maximum Gasteiger partial charge on any atom is 0.279 e. The molecule has 0 saturated heterocycles. The van der Waals surface area contributed by atoms with Crippen molar-refractivity contribution in [1.82, 2.24) is 20.8 Å². The van der Waals surface area contributed by atoms with Gasteiger partial charge in [-0.2, -0.15) is 5.43 Å². The van der Waals surface area contributed by atoms with Crippen molar-refractivity contribution in [3.05, 3.63) is 47.3 Å². The van der Waals surface area contributed by atoms with Crippen LogP contribution in [-0.2, 0) is 0 Å². The summed E-state index contributed by atoms with van der Waals surface area (Å²) in [4.78, 5) is 19.8. The fourth-order valence-corrected chi connectivity index (χ4v) is 3.86. The molecule has 1 fully saturated rings. The van der Waals surface area contributed by atoms with E-state index in [1.807, 2.05) is 30.9 Å². The van der Waals surface area contributed by atoms with Gasteiger partial charge in [-0.05, 0) is 38.8 Å². The molecular weight excluding hydrogens is 437 g/mol. The average molecular weight is 471 g/mol. The molecule has 182 valence electrons. The highest BCUT2D eigenvalue weighted by molar-refractivity contribution is 6.14. The number of quaternary nitrogens is 1. The van der Waals surface area contributed by atoms with Crippen molar-refractivity contribution in [2.45, 2.75) is 45.3 Å². The molecular formula is C23H33FN9O+. The number of hydrogen-bond acceptors (Lipinski definition) is 7. The number of hydrazine groups is 1. The predicted octanol–water partition coefficient (Wildman–Crippen LogP) is 1.05. The Morgan fingerprint density at radius 2 is 2.24 bits per heavy atom. The first-order chi connectivity index (χ1) is 16.3. The van der Waals surface area contributed by atoms with E-state index in [0.29, 0.717) is 30.0 Å². The third kappa shape index (κ3) is 5.91. The summed E-state index contributed by atoms with van der Waals surface area (Å²) in [6.45, 7) is 6.55. The lowest BCUT2D eigenvalue weighted by atomic mass is 9.96. The molecule has 0 aromatic carbocycles. The molecule has 2 atom stereocenters. The van der Waals surface area contributed by atoms with Gasteiger partial charge in [-0.3, -0.25) is 4.79 Å². The standard InChI is InChI=1S/C23H32FN9O/c1-4-33(22(34)20-19(30-27-12-11-25)8-5-16(3)29-20)23(9-10-23)14-28-32-31-21(26)17-6-7-18(24)15(2)13-17/h5-8,11-13,15,18,25,28,30,32H,4,9-10,14H2,1-3H3,(H2,26,31)/p+1. The largest absolute Gasteiger partial charge is 0.382 e. The smallest absolute Gasteiger partial charge is 0.279 e. The number of nitrogens with one attached hydrogen (secondary N) is 3. The summed E-state index contributed by atoms with van der Waals surface area (Å²) in [6, 6.07) is 3.63. The number of halogens is 1. The van der Waals surface area contributed by atoms with Crippen LogP contribution < -0.4 is 22.1 Å². The highest BCUT2D eigenvalue weighted by Crippen LogP contribution is 2.42. The van der Waals surface area contributed by atoms with Crippen LogP contribution in [0.15, 0.2) is 46.1 Å². The molecule has 10 nitrogen and oxygen atoms in total. The van der Waals surface area contributed by atoms with Crippen molar-refractivity contribution in [2.75, 3.05) is 13.1 Å². The molecule has 11 heteroatoms. The number of alkyl halides is 1. The van der Waals surface area contributed by atoms with Gasteiger partial charge >= 0.3 is 0 Å². The molecule has 1 amide bonds. The molecule has 0 spiro atoms. The van der Waals surface area contributed by atoms with Gasteiger partial charge in [-0.1, -0.05) is 24.2 Å². The molecule has 2 aliphatic carbocycles. The quantitative estimate of drug-likeness (QED) is 0.108. The Bertz CT molecular complexity index is 1030. The van der Waals surface area contributed by atoms with Crippen molar-refractivity contribution in [2.24, 2.45) is 21.9 Å². The Labute approximate surface area is 198 Å². The maximum absolute atomic E-state index is 13.6. The van der Waals surface area contributed by atoms with Crippen molar-refractivity contribution >= 4 is 29.9 Å². The molecule has 1 heterocycles. The lowest BCUT2D eigenvalue weighted by Crippen LogP contribution is -2.72. The highest BCUT2D eigenvalue weighted by Gasteiger charge is 2.50. The number of rotatable bonds is 11. The average Bonchev–Trinajstić information content (AvgIpc) is 3.60. The summed E-state index contributed by atoms with van der Waals surface area (Å²) in [7, 11) is 0. The monoisotopic (exact) mass is 470 g/mol. The van der Waals surface area contributed by atoms with Gasteiger partial charge in [0.25, 0.3) is 5.91 Å². The van der Waals surface area contributed by atoms with Crippen molar-refractivity contribution < 1.29 is 14.6 Å². The third-order valence-corrected chi connectivity index (χ3v) is 5.98. The fraction of sp³-hybridized carbons (Fsp3) is 0.435. The van der Waals surface area contributed by atoms with Gasteiger partial charge in [0.1, 0.15) is 12.4 Å². The number of aromatic nitrogens is 1. The van der Waals surface area contributed by atoms with Crippen LogP contribution in [0.4, 0.5) is 10.1 Å². The molecule has 2 unspecified atom stereocenters. The molecule has 34 heavy (non-hydrogen) atoms. The van der Waals surface area contributed by atoms with Crippen LogP contribution in [0.5, 0.6) is 0 Å². The summed E-state index contributed by atoms with van der Waals surface area (Å²) in [5.41, 5.74) is 15.4. The number of aryl methyl sites for hydroxylation is 1. The highest BCUT2D eigenvalue weighted by atomic mass is 19.1. The second kappa shape index (κ2) is 11.1. The van der Waals surface area contributed by atoms with Crippen LogP contribution >= 0.6 is 0 Å². The minimum absolute atomic E-state index is 0.169. The number of hydrazone groups is 1. The predicted molar refractivity (Wildman–Crippen MR) is 131 cm³/mol. The SMILES string of the molecule is CCN(C(=O)c1nc(C)ccc1[NH2+]N=CC=N)C1(CNNN=C(N)C2=CC(C)C(F)C=C2)CC1. The van der Waals surface area contributed by atoms with Crippen LogP contribution in [-0.4, -0.2) is 58.9 Å². The zero-order valence-corrected chi connectivity index (χ0v) is 19.8. The van der Waals surface area contributed by atoms with Crippen LogP contribution in [0.2, 0.25) is 0 Å². The van der Waals surface area contributed by atoms with Gasteiger partial charge in [-0.25, -0.2) is 20.3 Å². The van der Waals surface area contributed by atoms with Crippen molar-refractivity contribution in [1.29, 1.82) is 5.41 Å². The Morgan fingerprint density at radius 1 is 1.47 bits per heavy atom. The number of nitrogens with zero attached hydrogens (tertiary/aromatic N) is 4. The summed E-state index contributed by atoms with van der Waals surface area (Å²) < 4.78 is 13.6. The van der Waals surface area contributed by atoms with E-state index in [4.69, 9.17) is 11.1 Å². The summed E-state index contributed by atoms with van der Waals surface area (Å²) >= 11 is 0. The lowest BCUT2D eigenvalue weighted by molar-refractivity contribution is -0.577. The maximum atomic E-state index is 13.6. The minimum Gasteiger partial charge on any atom is -0.382 e. The molecule has 3 rings (SSSR count). The summed E-state index contributed by atoms with van der Waals surface area (Å²) in [5.74, 6) is -0.170. The van der Waals surface area contributed by atoms with Gasteiger partial charge < -0.3 is 16.0 Å². The molecule has 1 aromatic heterocycles. The Kier molecular flexibility index (Phi) is 8.24. The van der Waals surface area contributed by atoms with Crippen LogP contribution in [0, 0.1) is 18.3 Å². The van der Waals surface area contributed by atoms with Crippen LogP contribution in [0.25, 0.3) is 0 Å². The van der Waals surface area contributed by atoms with E-state index in [1.54, 1.807) is 19.1 Å². The van der Waals surface area contributed by atoms with E-state index in [2.05, 4.69) is 26.1 Å². The van der Waals surface area contributed by atoms with Gasteiger partial charge in [-0.15, -0.1) is 5.10 Å². The third-order valence-electron chi connectivity index (χ3n) is 5.98. The zero-order valence-electron chi connectivity index (χ0n) is 19.8. The Hall–Kier alpha value is -3.44. The van der Waals surface area contributed by atoms with E-state index in [9.17, 15) is 9.18 Å². The fourth-order valence-electron chi connectivity index (χ4n) is 3.86. The number of hydrogen-bond donors (Lipinski definition) is 5. The first-order valence-corrected chi connectivity index (χ1v) is 11.3. The van der Waals surface area contributed by atoms with Crippen LogP contribution in [0.3, 0.4) is 0 Å². The number of allylic oxidation sites excluding steroid dienone is 2. The molecule has 0 radical (unpaired) electrons. The Morgan fingerprint density at radius 3 is 2.88 bits per heavy atom. The normalized spacial score (nSPS) is 21.3. The van der Waals surface area contributed by atoms with Gasteiger partial charge in [0, 0.05) is 42.6 Å². The number of likely N-dealkylation sites (N-methyl/N-ethyl adjacent to an activating group) is 1. The number of nitrogens with two attached hydrogens (primary N) is 2. The first-order valence-electron chi connectivity index (χ1n) is 11.3. The molecule has 2 aliphatic rings. The molecule has 0 bridgehead atoms. The van der Waals surface area contributed by atoms with Crippen molar-refractivity contribution in [3.63, 3.8) is 0 Å². The number of pyridine rings is 1. The Balaban J connectivity index is 1.66. The minimum atomic E-state index is -1.02. The topological polar surface area (TPSA) is 148 Å². The van der Waals surface area contributed by atoms with E-state index < -0.39 is 6.17 Å². The number of carbonyl (C=O) groups is 1. The number of amidine groups is 1. The molecule has 1 saturated carbocycles. The van der Waals surface area contributed by atoms with E-state index >= 15 is 0 Å². The van der Waals surface area contributed by atoms with Gasteiger partial charge in [0.05, 0.1) is 5.54 Å². The zero-order chi connectivity index (χ0) is 24.7. The van der Waals surface area contributed by atoms with E-state index in [1.165, 1.54) is 17.7 Å². The van der Waals surface area contributed by atoms with Gasteiger partial charge in [0.2, 0.25) is 0 Å². The lowest BCUT2D eigenvalue weighted by Gasteiger charge is -2.31. The molecule has 1 aromatic rings. The second-order valence-electron chi connectivity index (χ2n) is 8.51. The van der Waals surface area contributed by atoms with E-state index in [-0.39, 0.29) is 23.2 Å².